The molecule has 0 saturated heterocycles. The van der Waals surface area contributed by atoms with Gasteiger partial charge in [-0.2, -0.15) is 0 Å². The average molecular weight is 487 g/mol. The fraction of sp³-hybridized carbons (Fsp3) is 0.727. The highest BCUT2D eigenvalue weighted by Gasteiger charge is 2.02. The lowest BCUT2D eigenvalue weighted by molar-refractivity contribution is -0.142. The van der Waals surface area contributed by atoms with Crippen LogP contribution >= 0.6 is 0 Å². The highest BCUT2D eigenvalue weighted by Crippen LogP contribution is 2.14. The first-order valence-corrected chi connectivity index (χ1v) is 14.6. The van der Waals surface area contributed by atoms with Gasteiger partial charge in [-0.05, 0) is 85.6 Å². The second kappa shape index (κ2) is 24.1. The lowest BCUT2D eigenvalue weighted by atomic mass is 10.0. The zero-order valence-electron chi connectivity index (χ0n) is 24.4. The van der Waals surface area contributed by atoms with Crippen molar-refractivity contribution in [2.45, 2.75) is 151 Å². The van der Waals surface area contributed by atoms with Crippen molar-refractivity contribution in [3.05, 3.63) is 46.6 Å². The van der Waals surface area contributed by atoms with Crippen molar-refractivity contribution < 1.29 is 9.53 Å². The molecule has 202 valence electrons. The van der Waals surface area contributed by atoms with Crippen LogP contribution in [0.15, 0.2) is 46.6 Å². The average Bonchev–Trinajstić information content (AvgIpc) is 2.80. The van der Waals surface area contributed by atoms with Gasteiger partial charge in [-0.1, -0.05) is 105 Å². The van der Waals surface area contributed by atoms with Crippen molar-refractivity contribution in [3.8, 4) is 0 Å². The lowest BCUT2D eigenvalue weighted by Gasteiger charge is -2.05. The molecule has 0 aromatic carbocycles. The molecular formula is C33H58O2. The van der Waals surface area contributed by atoms with Gasteiger partial charge in [0, 0.05) is 6.42 Å². The lowest BCUT2D eigenvalue weighted by Crippen LogP contribution is -2.04. The number of carbonyl (C=O) groups is 1. The van der Waals surface area contributed by atoms with Gasteiger partial charge in [-0.3, -0.25) is 4.79 Å². The molecule has 0 radical (unpaired) electrons. The number of hydrogen-bond donors (Lipinski definition) is 0. The van der Waals surface area contributed by atoms with Crippen molar-refractivity contribution in [2.75, 3.05) is 6.61 Å². The van der Waals surface area contributed by atoms with Crippen LogP contribution in [0.4, 0.5) is 0 Å². The zero-order chi connectivity index (χ0) is 26.2. The minimum absolute atomic E-state index is 0.0476. The molecule has 0 aliphatic carbocycles. The summed E-state index contributed by atoms with van der Waals surface area (Å²) in [4.78, 5) is 11.9. The molecule has 0 heterocycles. The molecule has 0 aromatic heterocycles. The van der Waals surface area contributed by atoms with E-state index < -0.39 is 0 Å². The van der Waals surface area contributed by atoms with Crippen LogP contribution in [-0.4, -0.2) is 12.6 Å². The predicted octanol–water partition coefficient (Wildman–Crippen LogP) is 11.0. The molecule has 0 amide bonds. The Hall–Kier alpha value is -1.57. The summed E-state index contributed by atoms with van der Waals surface area (Å²) < 4.78 is 5.40. The molecule has 0 saturated carbocycles. The van der Waals surface area contributed by atoms with E-state index in [1.807, 2.05) is 0 Å². The second-order valence-electron chi connectivity index (χ2n) is 10.7. The van der Waals surface area contributed by atoms with Crippen LogP contribution in [-0.2, 0) is 9.53 Å². The maximum absolute atomic E-state index is 11.9. The summed E-state index contributed by atoms with van der Waals surface area (Å²) in [6.45, 7) is 13.6. The van der Waals surface area contributed by atoms with Crippen LogP contribution in [0.2, 0.25) is 0 Å². The molecule has 2 nitrogen and oxygen atoms in total. The molecule has 0 aliphatic rings. The van der Waals surface area contributed by atoms with E-state index in [2.05, 4.69) is 65.8 Å². The van der Waals surface area contributed by atoms with Gasteiger partial charge in [0.1, 0.15) is 6.61 Å². The van der Waals surface area contributed by atoms with E-state index in [0.717, 1.165) is 44.9 Å². The van der Waals surface area contributed by atoms with Gasteiger partial charge in [0.2, 0.25) is 0 Å². The monoisotopic (exact) mass is 486 g/mol. The summed E-state index contributed by atoms with van der Waals surface area (Å²) in [5.41, 5.74) is 5.67. The number of rotatable bonds is 22. The van der Waals surface area contributed by atoms with Crippen molar-refractivity contribution in [2.24, 2.45) is 0 Å². The number of esters is 1. The Morgan fingerprint density at radius 3 is 1.46 bits per heavy atom. The van der Waals surface area contributed by atoms with Crippen molar-refractivity contribution >= 4 is 5.97 Å². The third-order valence-electron chi connectivity index (χ3n) is 6.56. The van der Waals surface area contributed by atoms with Crippen molar-refractivity contribution in [3.63, 3.8) is 0 Å². The molecule has 0 rings (SSSR count). The van der Waals surface area contributed by atoms with Crippen LogP contribution in [0.3, 0.4) is 0 Å². The fourth-order valence-corrected chi connectivity index (χ4v) is 4.09. The van der Waals surface area contributed by atoms with Crippen LogP contribution in [0.25, 0.3) is 0 Å². The smallest absolute Gasteiger partial charge is 0.306 e. The molecule has 0 spiro atoms. The van der Waals surface area contributed by atoms with E-state index in [1.165, 1.54) is 80.1 Å². The minimum Gasteiger partial charge on any atom is -0.461 e. The molecule has 0 bridgehead atoms. The van der Waals surface area contributed by atoms with Gasteiger partial charge in [-0.25, -0.2) is 0 Å². The van der Waals surface area contributed by atoms with E-state index >= 15 is 0 Å². The second-order valence-corrected chi connectivity index (χ2v) is 10.7. The first-order valence-electron chi connectivity index (χ1n) is 14.6. The van der Waals surface area contributed by atoms with Crippen LogP contribution in [0.1, 0.15) is 151 Å². The van der Waals surface area contributed by atoms with Gasteiger partial charge in [0.25, 0.3) is 0 Å². The standard InChI is InChI=1S/C33H58O2/c1-7-8-9-10-11-12-13-14-15-16-26-33(34)35-28-27-32(6)25-19-24-31(5)23-18-22-30(4)21-17-20-29(2)3/h20,22,24,27H,7-19,21,23,25-26,28H2,1-6H3/b30-22+,31-24?,32-27+. The van der Waals surface area contributed by atoms with E-state index in [0.29, 0.717) is 13.0 Å². The Labute approximate surface area is 219 Å². The van der Waals surface area contributed by atoms with Gasteiger partial charge < -0.3 is 4.74 Å². The highest BCUT2D eigenvalue weighted by molar-refractivity contribution is 5.69. The SMILES string of the molecule is CCCCCCCCCCCCC(=O)OC/C=C(\C)CCC=C(C)CC/C=C(\C)CCC=C(C)C. The van der Waals surface area contributed by atoms with E-state index in [4.69, 9.17) is 4.74 Å². The van der Waals surface area contributed by atoms with Crippen molar-refractivity contribution in [1.29, 1.82) is 0 Å². The van der Waals surface area contributed by atoms with Crippen LogP contribution in [0, 0.1) is 0 Å². The van der Waals surface area contributed by atoms with E-state index in [9.17, 15) is 4.79 Å². The van der Waals surface area contributed by atoms with Gasteiger partial charge in [0.15, 0.2) is 0 Å². The molecule has 0 atom stereocenters. The maximum Gasteiger partial charge on any atom is 0.306 e. The Balaban J connectivity index is 3.79. The van der Waals surface area contributed by atoms with E-state index in [1.54, 1.807) is 0 Å². The Morgan fingerprint density at radius 2 is 0.971 bits per heavy atom. The normalized spacial score (nSPS) is 12.7. The molecule has 0 aliphatic heterocycles. The van der Waals surface area contributed by atoms with Crippen molar-refractivity contribution in [1.82, 2.24) is 0 Å². The minimum atomic E-state index is -0.0476. The first-order chi connectivity index (χ1) is 16.8. The summed E-state index contributed by atoms with van der Waals surface area (Å²) in [5.74, 6) is -0.0476. The van der Waals surface area contributed by atoms with Gasteiger partial charge in [0.05, 0.1) is 0 Å². The number of hydrogen-bond acceptors (Lipinski definition) is 2. The van der Waals surface area contributed by atoms with Crippen LogP contribution in [0.5, 0.6) is 0 Å². The summed E-state index contributed by atoms with van der Waals surface area (Å²) in [6.07, 6.45) is 29.3. The number of ether oxygens (including phenoxy) is 1. The summed E-state index contributed by atoms with van der Waals surface area (Å²) in [6, 6.07) is 0. The summed E-state index contributed by atoms with van der Waals surface area (Å²) in [7, 11) is 0. The molecule has 0 N–H and O–H groups in total. The molecule has 0 unspecified atom stereocenters. The third kappa shape index (κ3) is 25.3. The van der Waals surface area contributed by atoms with Gasteiger partial charge in [-0.15, -0.1) is 0 Å². The Bertz CT molecular complexity index is 644. The Morgan fingerprint density at radius 1 is 0.543 bits per heavy atom. The Kier molecular flexibility index (Phi) is 23.1. The quantitative estimate of drug-likeness (QED) is 0.0863. The van der Waals surface area contributed by atoms with E-state index in [-0.39, 0.29) is 5.97 Å². The predicted molar refractivity (Wildman–Crippen MR) is 156 cm³/mol. The first kappa shape index (κ1) is 33.4. The zero-order valence-corrected chi connectivity index (χ0v) is 24.4. The topological polar surface area (TPSA) is 26.3 Å². The molecule has 0 fully saturated rings. The number of unbranched alkanes of at least 4 members (excludes halogenated alkanes) is 9. The third-order valence-corrected chi connectivity index (χ3v) is 6.56. The summed E-state index contributed by atoms with van der Waals surface area (Å²) in [5, 5.41) is 0. The number of carbonyl (C=O) groups excluding carboxylic acids is 1. The molecule has 2 heteroatoms. The highest BCUT2D eigenvalue weighted by atomic mass is 16.5. The molecule has 0 aromatic rings. The fourth-order valence-electron chi connectivity index (χ4n) is 4.09. The summed E-state index contributed by atoms with van der Waals surface area (Å²) >= 11 is 0. The molecule has 35 heavy (non-hydrogen) atoms. The van der Waals surface area contributed by atoms with Crippen LogP contribution < -0.4 is 0 Å². The molecular weight excluding hydrogens is 428 g/mol. The van der Waals surface area contributed by atoms with Gasteiger partial charge >= 0.3 is 5.97 Å². The number of allylic oxidation sites excluding steroid dienone is 7. The largest absolute Gasteiger partial charge is 0.461 e. The maximum atomic E-state index is 11.9.